The lowest BCUT2D eigenvalue weighted by Crippen LogP contribution is -2.33. The van der Waals surface area contributed by atoms with Crippen LogP contribution in [0, 0.1) is 0 Å². The van der Waals surface area contributed by atoms with Crippen molar-refractivity contribution >= 4 is 34.1 Å². The molecule has 0 aliphatic carbocycles. The fourth-order valence-electron chi connectivity index (χ4n) is 3.55. The monoisotopic (exact) mass is 450 g/mol. The first-order valence-electron chi connectivity index (χ1n) is 10.1. The second-order valence-corrected chi connectivity index (χ2v) is 8.39. The number of rotatable bonds is 5. The molecule has 2 heterocycles. The number of para-hydroxylation sites is 1. The van der Waals surface area contributed by atoms with Crippen molar-refractivity contribution in [3.05, 3.63) is 76.2 Å². The van der Waals surface area contributed by atoms with Crippen LogP contribution in [-0.4, -0.2) is 36.3 Å². The maximum absolute atomic E-state index is 12.9. The van der Waals surface area contributed by atoms with Crippen LogP contribution in [0.15, 0.2) is 54.6 Å². The highest BCUT2D eigenvalue weighted by atomic mass is 32.1. The molecule has 0 saturated heterocycles. The van der Waals surface area contributed by atoms with Crippen LogP contribution in [0.5, 0.6) is 11.5 Å². The zero-order valence-corrected chi connectivity index (χ0v) is 18.5. The van der Waals surface area contributed by atoms with Crippen LogP contribution in [0.25, 0.3) is 0 Å². The zero-order valence-electron chi connectivity index (χ0n) is 17.7. The smallest absolute Gasteiger partial charge is 0.341 e. The molecule has 0 unspecified atom stereocenters. The van der Waals surface area contributed by atoms with Crippen molar-refractivity contribution in [1.29, 1.82) is 0 Å². The molecule has 4 rings (SSSR count). The van der Waals surface area contributed by atoms with E-state index in [1.165, 1.54) is 25.4 Å². The number of esters is 1. The van der Waals surface area contributed by atoms with E-state index in [0.717, 1.165) is 10.4 Å². The van der Waals surface area contributed by atoms with Gasteiger partial charge in [-0.15, -0.1) is 11.3 Å². The van der Waals surface area contributed by atoms with Gasteiger partial charge in [0, 0.05) is 23.9 Å². The van der Waals surface area contributed by atoms with Crippen LogP contribution >= 0.6 is 11.3 Å². The highest BCUT2D eigenvalue weighted by molar-refractivity contribution is 7.17. The second-order valence-electron chi connectivity index (χ2n) is 7.28. The first kappa shape index (κ1) is 21.6. The van der Waals surface area contributed by atoms with Crippen LogP contribution < -0.4 is 10.1 Å². The Kier molecular flexibility index (Phi) is 6.23. The van der Waals surface area contributed by atoms with Gasteiger partial charge in [-0.3, -0.25) is 9.59 Å². The molecule has 0 fully saturated rings. The quantitative estimate of drug-likeness (QED) is 0.579. The molecule has 1 aliphatic heterocycles. The Morgan fingerprint density at radius 2 is 1.69 bits per heavy atom. The number of methoxy groups -OCH3 is 1. The predicted octanol–water partition coefficient (Wildman–Crippen LogP) is 4.48. The van der Waals surface area contributed by atoms with Crippen LogP contribution in [0.3, 0.4) is 0 Å². The summed E-state index contributed by atoms with van der Waals surface area (Å²) in [5, 5.41) is 3.28. The summed E-state index contributed by atoms with van der Waals surface area (Å²) in [6.45, 7) is 2.47. The summed E-state index contributed by atoms with van der Waals surface area (Å²) in [5.41, 5.74) is 1.63. The van der Waals surface area contributed by atoms with E-state index in [9.17, 15) is 14.4 Å². The molecule has 32 heavy (non-hydrogen) atoms. The number of nitrogens with one attached hydrogen (secondary N) is 1. The van der Waals surface area contributed by atoms with Gasteiger partial charge in [-0.2, -0.15) is 0 Å². The number of thiophene rings is 1. The number of fused-ring (bicyclic) bond motifs is 1. The lowest BCUT2D eigenvalue weighted by atomic mass is 10.0. The van der Waals surface area contributed by atoms with Gasteiger partial charge < -0.3 is 19.7 Å². The normalized spacial score (nSPS) is 12.6. The van der Waals surface area contributed by atoms with Gasteiger partial charge in [0.15, 0.2) is 0 Å². The molecule has 1 N–H and O–H groups in total. The molecule has 1 aromatic heterocycles. The summed E-state index contributed by atoms with van der Waals surface area (Å²) in [7, 11) is 1.31. The highest BCUT2D eigenvalue weighted by Crippen LogP contribution is 2.38. The van der Waals surface area contributed by atoms with Crippen molar-refractivity contribution in [3.63, 3.8) is 0 Å². The summed E-state index contributed by atoms with van der Waals surface area (Å²) in [6, 6.07) is 16.1. The summed E-state index contributed by atoms with van der Waals surface area (Å²) in [4.78, 5) is 39.7. The zero-order chi connectivity index (χ0) is 22.7. The molecule has 0 radical (unpaired) electrons. The van der Waals surface area contributed by atoms with Gasteiger partial charge >= 0.3 is 5.97 Å². The van der Waals surface area contributed by atoms with Crippen LogP contribution in [0.4, 0.5) is 5.00 Å². The van der Waals surface area contributed by atoms with Crippen molar-refractivity contribution in [1.82, 2.24) is 4.90 Å². The van der Waals surface area contributed by atoms with E-state index >= 15 is 0 Å². The SMILES string of the molecule is COC(=O)c1c(NC(=O)c2ccc(Oc3ccccc3)cc2)sc2c1CCN(C(C)=O)C2. The Labute approximate surface area is 189 Å². The molecular formula is C24H22N2O5S. The topological polar surface area (TPSA) is 84.9 Å². The summed E-state index contributed by atoms with van der Waals surface area (Å²) >= 11 is 1.30. The number of carbonyl (C=O) groups is 3. The average Bonchev–Trinajstić information content (AvgIpc) is 3.16. The van der Waals surface area contributed by atoms with Crippen LogP contribution in [0.2, 0.25) is 0 Å². The number of anilines is 1. The molecule has 7 nitrogen and oxygen atoms in total. The number of nitrogens with zero attached hydrogens (tertiary/aromatic N) is 1. The molecule has 0 bridgehead atoms. The second kappa shape index (κ2) is 9.23. The maximum Gasteiger partial charge on any atom is 0.341 e. The minimum atomic E-state index is -0.499. The number of carbonyl (C=O) groups excluding carboxylic acids is 3. The Morgan fingerprint density at radius 3 is 2.34 bits per heavy atom. The standard InChI is InChI=1S/C24H22N2O5S/c1-15(27)26-13-12-19-20(14-26)32-23(21(19)24(29)30-2)25-22(28)16-8-10-18(11-9-16)31-17-6-4-3-5-7-17/h3-11H,12-14H2,1-2H3,(H,25,28). The summed E-state index contributed by atoms with van der Waals surface area (Å²) in [5.74, 6) is 0.450. The minimum Gasteiger partial charge on any atom is -0.465 e. The van der Waals surface area contributed by atoms with Gasteiger partial charge in [0.05, 0.1) is 19.2 Å². The van der Waals surface area contributed by atoms with Crippen molar-refractivity contribution in [2.24, 2.45) is 0 Å². The van der Waals surface area contributed by atoms with Crippen molar-refractivity contribution in [2.75, 3.05) is 19.0 Å². The number of hydrogen-bond acceptors (Lipinski definition) is 6. The number of benzene rings is 2. The number of ether oxygens (including phenoxy) is 2. The van der Waals surface area contributed by atoms with E-state index in [1.54, 1.807) is 29.2 Å². The van der Waals surface area contributed by atoms with Crippen molar-refractivity contribution < 1.29 is 23.9 Å². The Hall–Kier alpha value is -3.65. The molecule has 8 heteroatoms. The molecule has 2 amide bonds. The molecule has 0 saturated carbocycles. The van der Waals surface area contributed by atoms with Gasteiger partial charge in [-0.05, 0) is 48.4 Å². The van der Waals surface area contributed by atoms with Crippen molar-refractivity contribution in [3.8, 4) is 11.5 Å². The Bertz CT molecular complexity index is 1160. The fraction of sp³-hybridized carbons (Fsp3) is 0.208. The van der Waals surface area contributed by atoms with Gasteiger partial charge in [0.1, 0.15) is 16.5 Å². The lowest BCUT2D eigenvalue weighted by Gasteiger charge is -2.25. The highest BCUT2D eigenvalue weighted by Gasteiger charge is 2.30. The minimum absolute atomic E-state index is 0.0212. The molecule has 0 spiro atoms. The fourth-order valence-corrected chi connectivity index (χ4v) is 4.80. The van der Waals surface area contributed by atoms with E-state index in [-0.39, 0.29) is 11.8 Å². The van der Waals surface area contributed by atoms with Crippen LogP contribution in [0.1, 0.15) is 38.1 Å². The largest absolute Gasteiger partial charge is 0.465 e. The molecule has 1 aliphatic rings. The lowest BCUT2D eigenvalue weighted by molar-refractivity contribution is -0.129. The first-order chi connectivity index (χ1) is 15.5. The first-order valence-corrected chi connectivity index (χ1v) is 10.9. The molecule has 164 valence electrons. The summed E-state index contributed by atoms with van der Waals surface area (Å²) in [6.07, 6.45) is 0.539. The third-order valence-electron chi connectivity index (χ3n) is 5.21. The predicted molar refractivity (Wildman–Crippen MR) is 121 cm³/mol. The number of amides is 2. The third-order valence-corrected chi connectivity index (χ3v) is 6.35. The molecule has 2 aromatic carbocycles. The van der Waals surface area contributed by atoms with E-state index in [2.05, 4.69) is 5.32 Å². The van der Waals surface area contributed by atoms with Gasteiger partial charge in [-0.25, -0.2) is 4.79 Å². The van der Waals surface area contributed by atoms with E-state index in [4.69, 9.17) is 9.47 Å². The van der Waals surface area contributed by atoms with Crippen LogP contribution in [-0.2, 0) is 22.5 Å². The van der Waals surface area contributed by atoms with E-state index < -0.39 is 5.97 Å². The average molecular weight is 451 g/mol. The van der Waals surface area contributed by atoms with Gasteiger partial charge in [0.2, 0.25) is 5.91 Å². The van der Waals surface area contributed by atoms with Crippen molar-refractivity contribution in [2.45, 2.75) is 19.9 Å². The molecular weight excluding hydrogens is 428 g/mol. The third kappa shape index (κ3) is 4.50. The molecule has 3 aromatic rings. The number of hydrogen-bond donors (Lipinski definition) is 1. The summed E-state index contributed by atoms with van der Waals surface area (Å²) < 4.78 is 10.7. The van der Waals surface area contributed by atoms with E-state index in [1.807, 2.05) is 30.3 Å². The maximum atomic E-state index is 12.9. The van der Waals surface area contributed by atoms with Gasteiger partial charge in [-0.1, -0.05) is 18.2 Å². The van der Waals surface area contributed by atoms with Gasteiger partial charge in [0.25, 0.3) is 5.91 Å². The van der Waals surface area contributed by atoms with E-state index in [0.29, 0.717) is 47.1 Å². The Balaban J connectivity index is 1.54. The molecule has 0 atom stereocenters. The Morgan fingerprint density at radius 1 is 1.00 bits per heavy atom.